The monoisotopic (exact) mass is 181 g/mol. The fourth-order valence-electron chi connectivity index (χ4n) is 1.15. The summed E-state index contributed by atoms with van der Waals surface area (Å²) < 4.78 is 0. The van der Waals surface area contributed by atoms with Gasteiger partial charge in [-0.3, -0.25) is 9.69 Å². The molecule has 1 aliphatic rings. The number of rotatable bonds is 2. The van der Waals surface area contributed by atoms with Crippen LogP contribution in [0.1, 0.15) is 13.8 Å². The molecule has 0 aromatic carbocycles. The van der Waals surface area contributed by atoms with Crippen LogP contribution in [-0.4, -0.2) is 29.4 Å². The normalized spacial score (nSPS) is 24.1. The Labute approximate surface area is 76.3 Å². The van der Waals surface area contributed by atoms with Gasteiger partial charge in [-0.1, -0.05) is 0 Å². The first-order valence-corrected chi connectivity index (χ1v) is 4.07. The molecule has 13 heavy (non-hydrogen) atoms. The third kappa shape index (κ3) is 1.78. The average molecular weight is 181 g/mol. The van der Waals surface area contributed by atoms with Crippen molar-refractivity contribution in [3.63, 3.8) is 0 Å². The van der Waals surface area contributed by atoms with Crippen molar-refractivity contribution in [2.24, 2.45) is 5.92 Å². The molecular formula is C8H11N3O2. The zero-order valence-electron chi connectivity index (χ0n) is 7.57. The van der Waals surface area contributed by atoms with Gasteiger partial charge in [-0.15, -0.1) is 0 Å². The molecule has 1 rings (SSSR count). The van der Waals surface area contributed by atoms with Crippen molar-refractivity contribution in [1.29, 1.82) is 5.26 Å². The van der Waals surface area contributed by atoms with Crippen molar-refractivity contribution < 1.29 is 9.59 Å². The molecule has 2 unspecified atom stereocenters. The minimum Gasteiger partial charge on any atom is -0.326 e. The second-order valence-corrected chi connectivity index (χ2v) is 3.15. The molecular weight excluding hydrogens is 170 g/mol. The van der Waals surface area contributed by atoms with E-state index in [-0.39, 0.29) is 18.4 Å². The number of urea groups is 1. The number of imide groups is 1. The maximum absolute atomic E-state index is 11.3. The predicted molar refractivity (Wildman–Crippen MR) is 44.5 cm³/mol. The summed E-state index contributed by atoms with van der Waals surface area (Å²) in [4.78, 5) is 23.5. The molecule has 2 atom stereocenters. The third-order valence-electron chi connectivity index (χ3n) is 1.90. The summed E-state index contributed by atoms with van der Waals surface area (Å²) in [6.45, 7) is 3.46. The van der Waals surface area contributed by atoms with E-state index < -0.39 is 12.1 Å². The Balaban J connectivity index is 2.65. The van der Waals surface area contributed by atoms with Crippen molar-refractivity contribution in [1.82, 2.24) is 10.2 Å². The van der Waals surface area contributed by atoms with Crippen molar-refractivity contribution in [2.45, 2.75) is 19.9 Å². The Hall–Kier alpha value is -1.57. The molecule has 1 aliphatic heterocycles. The van der Waals surface area contributed by atoms with Crippen LogP contribution in [0.15, 0.2) is 0 Å². The topological polar surface area (TPSA) is 73.2 Å². The fourth-order valence-corrected chi connectivity index (χ4v) is 1.15. The van der Waals surface area contributed by atoms with Crippen LogP contribution in [0, 0.1) is 17.2 Å². The van der Waals surface area contributed by atoms with E-state index in [0.717, 1.165) is 4.90 Å². The lowest BCUT2D eigenvalue weighted by Crippen LogP contribution is -2.34. The molecule has 70 valence electrons. The first-order chi connectivity index (χ1) is 6.06. The molecule has 0 saturated carbocycles. The molecule has 1 heterocycles. The quantitative estimate of drug-likeness (QED) is 0.613. The minimum atomic E-state index is -0.460. The maximum Gasteiger partial charge on any atom is 0.324 e. The van der Waals surface area contributed by atoms with Crippen molar-refractivity contribution in [3.8, 4) is 6.07 Å². The summed E-state index contributed by atoms with van der Waals surface area (Å²) >= 11 is 0. The van der Waals surface area contributed by atoms with E-state index in [9.17, 15) is 9.59 Å². The standard InChI is InChI=1S/C8H11N3O2/c1-5(3-9)4-11-7(12)6(2)10-8(11)13/h5-6H,4H2,1-2H3,(H,10,13). The Morgan fingerprint density at radius 1 is 1.69 bits per heavy atom. The summed E-state index contributed by atoms with van der Waals surface area (Å²) in [5.74, 6) is -0.577. The van der Waals surface area contributed by atoms with Gasteiger partial charge in [-0.05, 0) is 13.8 Å². The Kier molecular flexibility index (Phi) is 2.52. The zero-order valence-corrected chi connectivity index (χ0v) is 7.57. The fraction of sp³-hybridized carbons (Fsp3) is 0.625. The molecule has 0 spiro atoms. The van der Waals surface area contributed by atoms with Crippen LogP contribution in [0.3, 0.4) is 0 Å². The van der Waals surface area contributed by atoms with E-state index >= 15 is 0 Å². The summed E-state index contributed by atoms with van der Waals surface area (Å²) in [6.07, 6.45) is 0. The lowest BCUT2D eigenvalue weighted by molar-refractivity contribution is -0.127. The second-order valence-electron chi connectivity index (χ2n) is 3.15. The highest BCUT2D eigenvalue weighted by atomic mass is 16.2. The number of hydrogen-bond donors (Lipinski definition) is 1. The molecule has 0 aromatic rings. The van der Waals surface area contributed by atoms with Gasteiger partial charge in [0.05, 0.1) is 12.0 Å². The molecule has 5 heteroatoms. The van der Waals surface area contributed by atoms with E-state index in [1.54, 1.807) is 13.8 Å². The smallest absolute Gasteiger partial charge is 0.324 e. The van der Waals surface area contributed by atoms with Crippen LogP contribution in [0.4, 0.5) is 4.79 Å². The van der Waals surface area contributed by atoms with Crippen molar-refractivity contribution >= 4 is 11.9 Å². The maximum atomic E-state index is 11.3. The SMILES string of the molecule is CC(C#N)CN1C(=O)NC(C)C1=O. The van der Waals surface area contributed by atoms with E-state index in [0.29, 0.717) is 0 Å². The summed E-state index contributed by atoms with van der Waals surface area (Å²) in [5, 5.41) is 11.0. The summed E-state index contributed by atoms with van der Waals surface area (Å²) in [7, 11) is 0. The molecule has 0 radical (unpaired) electrons. The first-order valence-electron chi connectivity index (χ1n) is 4.07. The van der Waals surface area contributed by atoms with E-state index in [2.05, 4.69) is 5.32 Å². The average Bonchev–Trinajstić information content (AvgIpc) is 2.32. The highest BCUT2D eigenvalue weighted by Crippen LogP contribution is 2.08. The number of nitrogens with one attached hydrogen (secondary N) is 1. The molecule has 3 amide bonds. The number of amides is 3. The van der Waals surface area contributed by atoms with Crippen LogP contribution in [0.25, 0.3) is 0 Å². The third-order valence-corrected chi connectivity index (χ3v) is 1.90. The van der Waals surface area contributed by atoms with Gasteiger partial charge in [-0.25, -0.2) is 4.79 Å². The van der Waals surface area contributed by atoms with Crippen LogP contribution in [0.5, 0.6) is 0 Å². The van der Waals surface area contributed by atoms with E-state index in [4.69, 9.17) is 5.26 Å². The number of carbonyl (C=O) groups is 2. The van der Waals surface area contributed by atoms with Gasteiger partial charge in [0.1, 0.15) is 6.04 Å². The Morgan fingerprint density at radius 2 is 2.31 bits per heavy atom. The highest BCUT2D eigenvalue weighted by Gasteiger charge is 2.35. The second kappa shape index (κ2) is 3.44. The van der Waals surface area contributed by atoms with Crippen molar-refractivity contribution in [3.05, 3.63) is 0 Å². The lowest BCUT2D eigenvalue weighted by Gasteiger charge is -2.12. The van der Waals surface area contributed by atoms with Gasteiger partial charge in [0.15, 0.2) is 0 Å². The molecule has 1 saturated heterocycles. The summed E-state index contributed by atoms with van der Waals surface area (Å²) in [5.41, 5.74) is 0. The Bertz CT molecular complexity index is 282. The number of nitriles is 1. The van der Waals surface area contributed by atoms with Crippen LogP contribution >= 0.6 is 0 Å². The molecule has 1 N–H and O–H groups in total. The predicted octanol–water partition coefficient (Wildman–Crippen LogP) is 0.0864. The van der Waals surface area contributed by atoms with E-state index in [1.807, 2.05) is 6.07 Å². The lowest BCUT2D eigenvalue weighted by atomic mass is 10.2. The molecule has 0 aromatic heterocycles. The van der Waals surface area contributed by atoms with Crippen LogP contribution in [-0.2, 0) is 4.79 Å². The zero-order chi connectivity index (χ0) is 10.0. The largest absolute Gasteiger partial charge is 0.326 e. The van der Waals surface area contributed by atoms with Crippen molar-refractivity contribution in [2.75, 3.05) is 6.54 Å². The van der Waals surface area contributed by atoms with Gasteiger partial charge < -0.3 is 5.32 Å². The number of hydrogen-bond acceptors (Lipinski definition) is 3. The number of nitrogens with zero attached hydrogens (tertiary/aromatic N) is 2. The molecule has 1 fully saturated rings. The van der Waals surface area contributed by atoms with Gasteiger partial charge >= 0.3 is 6.03 Å². The van der Waals surface area contributed by atoms with Gasteiger partial charge in [0.25, 0.3) is 5.91 Å². The minimum absolute atomic E-state index is 0.172. The van der Waals surface area contributed by atoms with Gasteiger partial charge in [0.2, 0.25) is 0 Å². The van der Waals surface area contributed by atoms with Gasteiger partial charge in [0, 0.05) is 6.54 Å². The molecule has 0 bridgehead atoms. The molecule has 5 nitrogen and oxygen atoms in total. The molecule has 0 aliphatic carbocycles. The summed E-state index contributed by atoms with van der Waals surface area (Å²) in [6, 6.07) is 1.11. The van der Waals surface area contributed by atoms with E-state index in [1.165, 1.54) is 0 Å². The first kappa shape index (κ1) is 9.52. The van der Waals surface area contributed by atoms with Gasteiger partial charge in [-0.2, -0.15) is 5.26 Å². The van der Waals surface area contributed by atoms with Crippen LogP contribution in [0.2, 0.25) is 0 Å². The van der Waals surface area contributed by atoms with Crippen LogP contribution < -0.4 is 5.32 Å². The number of carbonyl (C=O) groups excluding carboxylic acids is 2. The Morgan fingerprint density at radius 3 is 2.69 bits per heavy atom. The highest BCUT2D eigenvalue weighted by molar-refractivity contribution is 6.03.